The third-order valence-corrected chi connectivity index (χ3v) is 4.16. The van der Waals surface area contributed by atoms with E-state index in [2.05, 4.69) is 10.3 Å². The zero-order valence-corrected chi connectivity index (χ0v) is 12.1. The van der Waals surface area contributed by atoms with E-state index < -0.39 is 0 Å². The van der Waals surface area contributed by atoms with Crippen molar-refractivity contribution in [2.45, 2.75) is 12.8 Å². The van der Waals surface area contributed by atoms with Crippen LogP contribution in [0.4, 0.5) is 0 Å². The van der Waals surface area contributed by atoms with Crippen LogP contribution in [0.25, 0.3) is 10.9 Å². The van der Waals surface area contributed by atoms with Gasteiger partial charge in [-0.15, -0.1) is 0 Å². The first kappa shape index (κ1) is 13.7. The lowest BCUT2D eigenvalue weighted by Crippen LogP contribution is -2.42. The van der Waals surface area contributed by atoms with Gasteiger partial charge in [0.2, 0.25) is 5.91 Å². The third-order valence-electron chi connectivity index (χ3n) is 4.16. The topological polar surface area (TPSA) is 65.2 Å². The molecule has 2 N–H and O–H groups in total. The first-order chi connectivity index (χ1) is 10.2. The van der Waals surface area contributed by atoms with Gasteiger partial charge < -0.3 is 15.2 Å². The fourth-order valence-electron chi connectivity index (χ4n) is 2.91. The Hall–Kier alpha value is -2.30. The van der Waals surface area contributed by atoms with Gasteiger partial charge in [-0.25, -0.2) is 0 Å². The second-order valence-corrected chi connectivity index (χ2v) is 5.45. The third kappa shape index (κ3) is 2.63. The van der Waals surface area contributed by atoms with Gasteiger partial charge >= 0.3 is 0 Å². The molecule has 0 bridgehead atoms. The Kier molecular flexibility index (Phi) is 3.64. The van der Waals surface area contributed by atoms with Crippen LogP contribution in [0.5, 0.6) is 0 Å². The van der Waals surface area contributed by atoms with Crippen LogP contribution in [-0.4, -0.2) is 41.8 Å². The molecule has 0 aliphatic carbocycles. The summed E-state index contributed by atoms with van der Waals surface area (Å²) in [5.41, 5.74) is 1.59. The van der Waals surface area contributed by atoms with E-state index >= 15 is 0 Å². The number of hydrogen-bond donors (Lipinski definition) is 2. The molecule has 3 rings (SSSR count). The van der Waals surface area contributed by atoms with Gasteiger partial charge in [-0.2, -0.15) is 0 Å². The molecule has 21 heavy (non-hydrogen) atoms. The standard InChI is InChI=1S/C16H19N3O2/c1-17-15(20)11-6-8-19(9-7-11)16(21)14-10-12-4-2-3-5-13(12)18-14/h2-5,10-11,18H,6-9H2,1H3,(H,17,20). The number of H-pyrrole nitrogens is 1. The Morgan fingerprint density at radius 1 is 1.24 bits per heavy atom. The minimum Gasteiger partial charge on any atom is -0.359 e. The van der Waals surface area contributed by atoms with Crippen LogP contribution < -0.4 is 5.32 Å². The lowest BCUT2D eigenvalue weighted by molar-refractivity contribution is -0.125. The van der Waals surface area contributed by atoms with Crippen molar-refractivity contribution in [3.05, 3.63) is 36.0 Å². The SMILES string of the molecule is CNC(=O)C1CCN(C(=O)c2cc3ccccc3[nH]2)CC1. The minimum absolute atomic E-state index is 0.0153. The van der Waals surface area contributed by atoms with Crippen LogP contribution in [-0.2, 0) is 4.79 Å². The molecular formula is C16H19N3O2. The van der Waals surface area contributed by atoms with Gasteiger partial charge in [-0.1, -0.05) is 18.2 Å². The molecule has 2 heterocycles. The first-order valence-electron chi connectivity index (χ1n) is 7.27. The van der Waals surface area contributed by atoms with Crippen LogP contribution in [0.2, 0.25) is 0 Å². The molecule has 0 atom stereocenters. The molecule has 2 amide bonds. The molecule has 0 unspecified atom stereocenters. The largest absolute Gasteiger partial charge is 0.359 e. The van der Waals surface area contributed by atoms with Crippen molar-refractivity contribution in [3.8, 4) is 0 Å². The molecule has 1 aliphatic heterocycles. The van der Waals surface area contributed by atoms with Crippen molar-refractivity contribution in [2.75, 3.05) is 20.1 Å². The van der Waals surface area contributed by atoms with Crippen molar-refractivity contribution in [1.82, 2.24) is 15.2 Å². The van der Waals surface area contributed by atoms with E-state index in [4.69, 9.17) is 0 Å². The van der Waals surface area contributed by atoms with Crippen molar-refractivity contribution >= 4 is 22.7 Å². The number of aromatic amines is 1. The molecule has 5 heteroatoms. The zero-order chi connectivity index (χ0) is 14.8. The quantitative estimate of drug-likeness (QED) is 0.883. The Morgan fingerprint density at radius 2 is 1.95 bits per heavy atom. The highest BCUT2D eigenvalue weighted by Gasteiger charge is 2.27. The van der Waals surface area contributed by atoms with Crippen molar-refractivity contribution in [1.29, 1.82) is 0 Å². The van der Waals surface area contributed by atoms with Crippen LogP contribution in [0, 0.1) is 5.92 Å². The summed E-state index contributed by atoms with van der Waals surface area (Å²) in [6.07, 6.45) is 1.46. The van der Waals surface area contributed by atoms with Crippen LogP contribution in [0.15, 0.2) is 30.3 Å². The second-order valence-electron chi connectivity index (χ2n) is 5.45. The number of para-hydroxylation sites is 1. The average molecular weight is 285 g/mol. The summed E-state index contributed by atoms with van der Waals surface area (Å²) < 4.78 is 0. The van der Waals surface area contributed by atoms with Crippen molar-refractivity contribution in [2.24, 2.45) is 5.92 Å². The lowest BCUT2D eigenvalue weighted by Gasteiger charge is -2.30. The fourth-order valence-corrected chi connectivity index (χ4v) is 2.91. The Bertz CT molecular complexity index is 636. The molecule has 0 saturated carbocycles. The molecule has 1 aromatic heterocycles. The summed E-state index contributed by atoms with van der Waals surface area (Å²) in [5.74, 6) is 0.121. The van der Waals surface area contributed by atoms with Gasteiger partial charge in [0, 0.05) is 37.0 Å². The number of aromatic nitrogens is 1. The van der Waals surface area contributed by atoms with E-state index in [1.807, 2.05) is 35.2 Å². The monoisotopic (exact) mass is 285 g/mol. The number of benzene rings is 1. The highest BCUT2D eigenvalue weighted by Crippen LogP contribution is 2.21. The number of piperidine rings is 1. The van der Waals surface area contributed by atoms with Crippen LogP contribution in [0.1, 0.15) is 23.3 Å². The zero-order valence-electron chi connectivity index (χ0n) is 12.1. The van der Waals surface area contributed by atoms with E-state index in [1.54, 1.807) is 7.05 Å². The lowest BCUT2D eigenvalue weighted by atomic mass is 9.96. The van der Waals surface area contributed by atoms with Gasteiger partial charge in [0.1, 0.15) is 5.69 Å². The van der Waals surface area contributed by atoms with Gasteiger partial charge in [0.25, 0.3) is 5.91 Å². The van der Waals surface area contributed by atoms with E-state index in [0.29, 0.717) is 18.8 Å². The molecule has 1 aromatic carbocycles. The Labute approximate surface area is 123 Å². The first-order valence-corrected chi connectivity index (χ1v) is 7.27. The predicted molar refractivity (Wildman–Crippen MR) is 81.0 cm³/mol. The van der Waals surface area contributed by atoms with E-state index in [-0.39, 0.29) is 17.7 Å². The van der Waals surface area contributed by atoms with Crippen LogP contribution >= 0.6 is 0 Å². The Morgan fingerprint density at radius 3 is 2.62 bits per heavy atom. The molecule has 0 radical (unpaired) electrons. The molecule has 1 fully saturated rings. The number of hydrogen-bond acceptors (Lipinski definition) is 2. The molecule has 2 aromatic rings. The number of carbonyl (C=O) groups is 2. The number of rotatable bonds is 2. The number of nitrogens with zero attached hydrogens (tertiary/aromatic N) is 1. The normalized spacial score (nSPS) is 16.1. The number of likely N-dealkylation sites (tertiary alicyclic amines) is 1. The van der Waals surface area contributed by atoms with Gasteiger partial charge in [-0.05, 0) is 25.0 Å². The maximum Gasteiger partial charge on any atom is 0.270 e. The summed E-state index contributed by atoms with van der Waals surface area (Å²) >= 11 is 0. The molecular weight excluding hydrogens is 266 g/mol. The number of carbonyl (C=O) groups excluding carboxylic acids is 2. The number of amides is 2. The highest BCUT2D eigenvalue weighted by molar-refractivity contribution is 5.98. The average Bonchev–Trinajstić information content (AvgIpc) is 2.97. The predicted octanol–water partition coefficient (Wildman–Crippen LogP) is 1.77. The summed E-state index contributed by atoms with van der Waals surface area (Å²) in [6, 6.07) is 9.74. The van der Waals surface area contributed by atoms with Crippen molar-refractivity contribution in [3.63, 3.8) is 0 Å². The van der Waals surface area contributed by atoms with Gasteiger partial charge in [0.05, 0.1) is 0 Å². The molecule has 0 spiro atoms. The Balaban J connectivity index is 1.70. The number of fused-ring (bicyclic) bond motifs is 1. The van der Waals surface area contributed by atoms with E-state index in [0.717, 1.165) is 23.7 Å². The van der Waals surface area contributed by atoms with Gasteiger partial charge in [0.15, 0.2) is 0 Å². The highest BCUT2D eigenvalue weighted by atomic mass is 16.2. The van der Waals surface area contributed by atoms with Gasteiger partial charge in [-0.3, -0.25) is 9.59 Å². The van der Waals surface area contributed by atoms with Crippen molar-refractivity contribution < 1.29 is 9.59 Å². The molecule has 5 nitrogen and oxygen atoms in total. The summed E-state index contributed by atoms with van der Waals surface area (Å²) in [7, 11) is 1.66. The molecule has 110 valence electrons. The fraction of sp³-hybridized carbons (Fsp3) is 0.375. The summed E-state index contributed by atoms with van der Waals surface area (Å²) in [6.45, 7) is 1.26. The summed E-state index contributed by atoms with van der Waals surface area (Å²) in [5, 5.41) is 3.72. The molecule has 1 saturated heterocycles. The maximum absolute atomic E-state index is 12.5. The smallest absolute Gasteiger partial charge is 0.270 e. The minimum atomic E-state index is 0.0153. The van der Waals surface area contributed by atoms with E-state index in [1.165, 1.54) is 0 Å². The second kappa shape index (κ2) is 5.60. The maximum atomic E-state index is 12.5. The van der Waals surface area contributed by atoms with Crippen LogP contribution in [0.3, 0.4) is 0 Å². The number of nitrogens with one attached hydrogen (secondary N) is 2. The summed E-state index contributed by atoms with van der Waals surface area (Å²) in [4.78, 5) is 29.1. The van der Waals surface area contributed by atoms with E-state index in [9.17, 15) is 9.59 Å². The molecule has 1 aliphatic rings.